The Morgan fingerprint density at radius 2 is 2.16 bits per heavy atom. The Bertz CT molecular complexity index is 546. The molecule has 4 heteroatoms. The van der Waals surface area contributed by atoms with Crippen molar-refractivity contribution in [3.8, 4) is 5.69 Å². The van der Waals surface area contributed by atoms with Crippen LogP contribution in [0.5, 0.6) is 0 Å². The molecule has 1 heterocycles. The van der Waals surface area contributed by atoms with Crippen LogP contribution < -0.4 is 5.32 Å². The molecule has 0 radical (unpaired) electrons. The summed E-state index contributed by atoms with van der Waals surface area (Å²) in [5.74, 6) is 0.673. The average molecular weight is 278 g/mol. The van der Waals surface area contributed by atoms with Crippen molar-refractivity contribution in [2.45, 2.75) is 27.3 Å². The average Bonchev–Trinajstić information content (AvgIpc) is 2.75. The molecule has 3 nitrogen and oxygen atoms in total. The van der Waals surface area contributed by atoms with Crippen LogP contribution in [0.15, 0.2) is 30.6 Å². The molecule has 0 spiro atoms. The lowest BCUT2D eigenvalue weighted by atomic mass is 10.1. The predicted molar refractivity (Wildman–Crippen MR) is 79.9 cm³/mol. The molecule has 1 aromatic carbocycles. The third kappa shape index (κ3) is 3.82. The second-order valence-corrected chi connectivity index (χ2v) is 5.69. The molecule has 0 bridgehead atoms. The van der Waals surface area contributed by atoms with Crippen LogP contribution in [0.3, 0.4) is 0 Å². The summed E-state index contributed by atoms with van der Waals surface area (Å²) >= 11 is 5.90. The second kappa shape index (κ2) is 6.22. The van der Waals surface area contributed by atoms with Crippen LogP contribution in [0.25, 0.3) is 5.69 Å². The summed E-state index contributed by atoms with van der Waals surface area (Å²) in [4.78, 5) is 0. The fourth-order valence-corrected chi connectivity index (χ4v) is 2.16. The molecule has 1 N–H and O–H groups in total. The van der Waals surface area contributed by atoms with Crippen LogP contribution in [-0.4, -0.2) is 16.3 Å². The lowest BCUT2D eigenvalue weighted by Crippen LogP contribution is -2.19. The SMILES string of the molecule is Cc1cc(CNCC(C)C)ccc1-n1cc(Cl)cn1. The van der Waals surface area contributed by atoms with E-state index in [1.165, 1.54) is 11.1 Å². The van der Waals surface area contributed by atoms with Gasteiger partial charge in [0.2, 0.25) is 0 Å². The van der Waals surface area contributed by atoms with Crippen LogP contribution in [0.4, 0.5) is 0 Å². The van der Waals surface area contributed by atoms with E-state index in [1.54, 1.807) is 6.20 Å². The normalized spacial score (nSPS) is 11.2. The highest BCUT2D eigenvalue weighted by Gasteiger charge is 2.04. The van der Waals surface area contributed by atoms with Crippen LogP contribution >= 0.6 is 11.6 Å². The number of nitrogens with one attached hydrogen (secondary N) is 1. The topological polar surface area (TPSA) is 29.9 Å². The van der Waals surface area contributed by atoms with Gasteiger partial charge in [-0.2, -0.15) is 5.10 Å². The van der Waals surface area contributed by atoms with Crippen molar-refractivity contribution < 1.29 is 0 Å². The van der Waals surface area contributed by atoms with Gasteiger partial charge in [-0.05, 0) is 36.6 Å². The molecule has 19 heavy (non-hydrogen) atoms. The van der Waals surface area contributed by atoms with Gasteiger partial charge in [0.15, 0.2) is 0 Å². The molecule has 1 aromatic heterocycles. The standard InChI is InChI=1S/C15H20ClN3/c1-11(2)7-17-8-13-4-5-15(12(3)6-13)19-10-14(16)9-18-19/h4-6,9-11,17H,7-8H2,1-3H3. The van der Waals surface area contributed by atoms with Gasteiger partial charge < -0.3 is 5.32 Å². The zero-order chi connectivity index (χ0) is 13.8. The molecule has 0 fully saturated rings. The summed E-state index contributed by atoms with van der Waals surface area (Å²) in [6.45, 7) is 8.46. The van der Waals surface area contributed by atoms with Gasteiger partial charge in [0.05, 0.1) is 16.9 Å². The number of hydrogen-bond acceptors (Lipinski definition) is 2. The van der Waals surface area contributed by atoms with E-state index in [9.17, 15) is 0 Å². The Kier molecular flexibility index (Phi) is 4.61. The van der Waals surface area contributed by atoms with Crippen molar-refractivity contribution in [2.75, 3.05) is 6.54 Å². The zero-order valence-electron chi connectivity index (χ0n) is 11.7. The third-order valence-corrected chi connectivity index (χ3v) is 3.14. The van der Waals surface area contributed by atoms with E-state index >= 15 is 0 Å². The van der Waals surface area contributed by atoms with E-state index in [0.29, 0.717) is 10.9 Å². The Balaban J connectivity index is 2.09. The Morgan fingerprint density at radius 1 is 1.37 bits per heavy atom. The predicted octanol–water partition coefficient (Wildman–Crippen LogP) is 3.58. The number of aryl methyl sites for hydroxylation is 1. The lowest BCUT2D eigenvalue weighted by molar-refractivity contribution is 0.552. The number of hydrogen-bond donors (Lipinski definition) is 1. The number of rotatable bonds is 5. The summed E-state index contributed by atoms with van der Waals surface area (Å²) in [7, 11) is 0. The van der Waals surface area contributed by atoms with E-state index in [-0.39, 0.29) is 0 Å². The highest BCUT2D eigenvalue weighted by atomic mass is 35.5. The molecule has 0 atom stereocenters. The smallest absolute Gasteiger partial charge is 0.0790 e. The molecule has 0 saturated heterocycles. The first-order valence-electron chi connectivity index (χ1n) is 6.57. The molecule has 0 aliphatic rings. The number of aromatic nitrogens is 2. The Morgan fingerprint density at radius 3 is 2.74 bits per heavy atom. The van der Waals surface area contributed by atoms with Crippen molar-refractivity contribution in [3.05, 3.63) is 46.7 Å². The van der Waals surface area contributed by atoms with Crippen LogP contribution in [-0.2, 0) is 6.54 Å². The van der Waals surface area contributed by atoms with Crippen LogP contribution in [0.2, 0.25) is 5.02 Å². The van der Waals surface area contributed by atoms with Crippen molar-refractivity contribution >= 4 is 11.6 Å². The molecule has 0 saturated carbocycles. The Labute approximate surface area is 119 Å². The number of nitrogens with zero attached hydrogens (tertiary/aromatic N) is 2. The highest BCUT2D eigenvalue weighted by molar-refractivity contribution is 6.30. The summed E-state index contributed by atoms with van der Waals surface area (Å²) in [6.07, 6.45) is 3.47. The summed E-state index contributed by atoms with van der Waals surface area (Å²) in [5, 5.41) is 8.33. The molecule has 0 amide bonds. The van der Waals surface area contributed by atoms with E-state index in [0.717, 1.165) is 18.8 Å². The maximum Gasteiger partial charge on any atom is 0.0790 e. The molecular formula is C15H20ClN3. The van der Waals surface area contributed by atoms with E-state index in [1.807, 2.05) is 10.9 Å². The van der Waals surface area contributed by atoms with Gasteiger partial charge in [-0.15, -0.1) is 0 Å². The fraction of sp³-hybridized carbons (Fsp3) is 0.400. The van der Waals surface area contributed by atoms with Gasteiger partial charge in [0.25, 0.3) is 0 Å². The number of benzene rings is 1. The van der Waals surface area contributed by atoms with E-state index in [2.05, 4.69) is 49.4 Å². The minimum Gasteiger partial charge on any atom is -0.312 e. The second-order valence-electron chi connectivity index (χ2n) is 5.25. The minimum absolute atomic E-state index is 0.655. The van der Waals surface area contributed by atoms with Crippen molar-refractivity contribution in [2.24, 2.45) is 5.92 Å². The fourth-order valence-electron chi connectivity index (χ4n) is 2.02. The first kappa shape index (κ1) is 14.1. The summed E-state index contributed by atoms with van der Waals surface area (Å²) in [5.41, 5.74) is 3.56. The van der Waals surface area contributed by atoms with E-state index in [4.69, 9.17) is 11.6 Å². The molecule has 0 unspecified atom stereocenters. The maximum absolute atomic E-state index is 5.90. The van der Waals surface area contributed by atoms with Gasteiger partial charge in [-0.25, -0.2) is 4.68 Å². The molecule has 0 aliphatic carbocycles. The molecule has 102 valence electrons. The van der Waals surface area contributed by atoms with Crippen LogP contribution in [0.1, 0.15) is 25.0 Å². The molecular weight excluding hydrogens is 258 g/mol. The van der Waals surface area contributed by atoms with Crippen molar-refractivity contribution in [1.29, 1.82) is 0 Å². The largest absolute Gasteiger partial charge is 0.312 e. The lowest BCUT2D eigenvalue weighted by Gasteiger charge is -2.10. The first-order chi connectivity index (χ1) is 9.06. The van der Waals surface area contributed by atoms with Gasteiger partial charge in [0.1, 0.15) is 0 Å². The van der Waals surface area contributed by atoms with Gasteiger partial charge in [-0.3, -0.25) is 0 Å². The maximum atomic E-state index is 5.90. The summed E-state index contributed by atoms with van der Waals surface area (Å²) in [6, 6.07) is 6.41. The molecule has 2 aromatic rings. The minimum atomic E-state index is 0.655. The van der Waals surface area contributed by atoms with E-state index < -0.39 is 0 Å². The Hall–Kier alpha value is -1.32. The van der Waals surface area contributed by atoms with Gasteiger partial charge in [-0.1, -0.05) is 37.6 Å². The quantitative estimate of drug-likeness (QED) is 0.905. The third-order valence-electron chi connectivity index (χ3n) is 2.94. The summed E-state index contributed by atoms with van der Waals surface area (Å²) < 4.78 is 1.81. The van der Waals surface area contributed by atoms with Crippen LogP contribution in [0, 0.1) is 12.8 Å². The monoisotopic (exact) mass is 277 g/mol. The number of halogens is 1. The van der Waals surface area contributed by atoms with Crippen molar-refractivity contribution in [3.63, 3.8) is 0 Å². The van der Waals surface area contributed by atoms with Gasteiger partial charge in [0, 0.05) is 12.7 Å². The highest BCUT2D eigenvalue weighted by Crippen LogP contribution is 2.17. The molecule has 2 rings (SSSR count). The van der Waals surface area contributed by atoms with Crippen molar-refractivity contribution in [1.82, 2.24) is 15.1 Å². The first-order valence-corrected chi connectivity index (χ1v) is 6.95. The van der Waals surface area contributed by atoms with Gasteiger partial charge >= 0.3 is 0 Å². The molecule has 0 aliphatic heterocycles. The zero-order valence-corrected chi connectivity index (χ0v) is 12.4.